The Morgan fingerprint density at radius 1 is 1.35 bits per heavy atom. The van der Waals surface area contributed by atoms with E-state index in [-0.39, 0.29) is 5.75 Å². The van der Waals surface area contributed by atoms with Gasteiger partial charge in [0.15, 0.2) is 5.82 Å². The van der Waals surface area contributed by atoms with Crippen molar-refractivity contribution in [3.63, 3.8) is 0 Å². The lowest BCUT2D eigenvalue weighted by atomic mass is 10.2. The number of hydrogen-bond donors (Lipinski definition) is 1. The van der Waals surface area contributed by atoms with E-state index in [1.54, 1.807) is 18.2 Å². The molecule has 1 aliphatic rings. The molecule has 0 aliphatic carbocycles. The zero-order chi connectivity index (χ0) is 13.9. The van der Waals surface area contributed by atoms with E-state index in [9.17, 15) is 5.11 Å². The van der Waals surface area contributed by atoms with Gasteiger partial charge in [0, 0.05) is 22.3 Å². The highest BCUT2D eigenvalue weighted by molar-refractivity contribution is 8.06. The quantitative estimate of drug-likeness (QED) is 0.932. The monoisotopic (exact) mass is 308 g/mol. The first kappa shape index (κ1) is 13.8. The maximum atomic E-state index is 9.51. The van der Waals surface area contributed by atoms with Gasteiger partial charge < -0.3 is 9.63 Å². The molecule has 2 atom stereocenters. The molecule has 0 spiro atoms. The first-order chi connectivity index (χ1) is 9.78. The van der Waals surface area contributed by atoms with Gasteiger partial charge in [-0.15, -0.1) is 11.8 Å². The highest BCUT2D eigenvalue weighted by Gasteiger charge is 2.30. The van der Waals surface area contributed by atoms with Crippen LogP contribution in [0.1, 0.15) is 24.4 Å². The number of thioether (sulfide) groups is 2. The van der Waals surface area contributed by atoms with Crippen LogP contribution in [0.4, 0.5) is 0 Å². The summed E-state index contributed by atoms with van der Waals surface area (Å²) >= 11 is 3.90. The van der Waals surface area contributed by atoms with Crippen LogP contribution < -0.4 is 0 Å². The minimum atomic E-state index is 0.205. The molecule has 1 aliphatic heterocycles. The number of phenols is 1. The van der Waals surface area contributed by atoms with Crippen molar-refractivity contribution in [2.24, 2.45) is 0 Å². The van der Waals surface area contributed by atoms with Crippen molar-refractivity contribution in [2.75, 3.05) is 11.5 Å². The summed E-state index contributed by atoms with van der Waals surface area (Å²) in [5.41, 5.74) is 0.755. The molecule has 0 radical (unpaired) electrons. The number of rotatable bonds is 3. The summed E-state index contributed by atoms with van der Waals surface area (Å²) in [6, 6.07) is 6.89. The molecular weight excluding hydrogens is 292 g/mol. The van der Waals surface area contributed by atoms with E-state index < -0.39 is 0 Å². The van der Waals surface area contributed by atoms with Gasteiger partial charge in [-0.1, -0.05) is 18.1 Å². The molecule has 0 saturated carbocycles. The van der Waals surface area contributed by atoms with Crippen LogP contribution >= 0.6 is 23.5 Å². The minimum absolute atomic E-state index is 0.205. The molecule has 2 heterocycles. The Labute approximate surface area is 126 Å². The van der Waals surface area contributed by atoms with E-state index in [4.69, 9.17) is 4.52 Å². The molecule has 3 rings (SSSR count). The highest BCUT2D eigenvalue weighted by atomic mass is 32.2. The first-order valence-electron chi connectivity index (χ1n) is 6.64. The summed E-state index contributed by atoms with van der Waals surface area (Å²) in [6.07, 6.45) is 1.11. The fourth-order valence-electron chi connectivity index (χ4n) is 2.25. The van der Waals surface area contributed by atoms with Crippen molar-refractivity contribution < 1.29 is 9.63 Å². The SMILES string of the molecule is CCC1SCCSC1c1noc(-c2cccc(O)c2)n1. The summed E-state index contributed by atoms with van der Waals surface area (Å²) < 4.78 is 5.36. The fourth-order valence-corrected chi connectivity index (χ4v) is 5.23. The number of benzene rings is 1. The predicted molar refractivity (Wildman–Crippen MR) is 83.1 cm³/mol. The van der Waals surface area contributed by atoms with E-state index in [1.807, 2.05) is 29.6 Å². The Balaban J connectivity index is 1.86. The van der Waals surface area contributed by atoms with Crippen LogP contribution in [0.3, 0.4) is 0 Å². The second-order valence-corrected chi connectivity index (χ2v) is 7.21. The fraction of sp³-hybridized carbons (Fsp3) is 0.429. The van der Waals surface area contributed by atoms with Crippen LogP contribution in [-0.2, 0) is 0 Å². The lowest BCUT2D eigenvalue weighted by Crippen LogP contribution is -2.19. The van der Waals surface area contributed by atoms with Gasteiger partial charge in [-0.05, 0) is 24.6 Å². The van der Waals surface area contributed by atoms with Crippen LogP contribution in [0.15, 0.2) is 28.8 Å². The van der Waals surface area contributed by atoms with Crippen molar-refractivity contribution in [2.45, 2.75) is 23.8 Å². The molecular formula is C14H16N2O2S2. The maximum absolute atomic E-state index is 9.51. The third-order valence-electron chi connectivity index (χ3n) is 3.24. The van der Waals surface area contributed by atoms with Crippen molar-refractivity contribution in [1.29, 1.82) is 0 Å². The molecule has 0 bridgehead atoms. The highest BCUT2D eigenvalue weighted by Crippen LogP contribution is 2.43. The van der Waals surface area contributed by atoms with Crippen molar-refractivity contribution in [1.82, 2.24) is 10.1 Å². The molecule has 106 valence electrons. The van der Waals surface area contributed by atoms with E-state index in [0.717, 1.165) is 23.6 Å². The molecule has 6 heteroatoms. The van der Waals surface area contributed by atoms with Crippen LogP contribution in [0.5, 0.6) is 5.75 Å². The summed E-state index contributed by atoms with van der Waals surface area (Å²) in [6.45, 7) is 2.20. The standard InChI is InChI=1S/C14H16N2O2S2/c1-2-11-12(20-7-6-19-11)13-15-14(18-16-13)9-4-3-5-10(17)8-9/h3-5,8,11-12,17H,2,6-7H2,1H3. The predicted octanol–water partition coefficient (Wildman–Crippen LogP) is 3.74. The summed E-state index contributed by atoms with van der Waals surface area (Å²) in [7, 11) is 0. The van der Waals surface area contributed by atoms with Crippen LogP contribution in [-0.4, -0.2) is 32.0 Å². The lowest BCUT2D eigenvalue weighted by molar-refractivity contribution is 0.420. The number of nitrogens with zero attached hydrogens (tertiary/aromatic N) is 2. The average Bonchev–Trinajstić information content (AvgIpc) is 2.97. The smallest absolute Gasteiger partial charge is 0.258 e. The zero-order valence-electron chi connectivity index (χ0n) is 11.2. The van der Waals surface area contributed by atoms with Crippen molar-refractivity contribution >= 4 is 23.5 Å². The molecule has 0 amide bonds. The Morgan fingerprint density at radius 2 is 2.20 bits per heavy atom. The molecule has 2 unspecified atom stereocenters. The Morgan fingerprint density at radius 3 is 3.00 bits per heavy atom. The van der Waals surface area contributed by atoms with Gasteiger partial charge >= 0.3 is 0 Å². The Hall–Kier alpha value is -1.14. The molecule has 1 fully saturated rings. The third-order valence-corrected chi connectivity index (χ3v) is 6.48. The van der Waals surface area contributed by atoms with Crippen LogP contribution in [0, 0.1) is 0 Å². The number of hydrogen-bond acceptors (Lipinski definition) is 6. The van der Waals surface area contributed by atoms with Gasteiger partial charge in [0.2, 0.25) is 0 Å². The zero-order valence-corrected chi connectivity index (χ0v) is 12.8. The van der Waals surface area contributed by atoms with Gasteiger partial charge in [-0.3, -0.25) is 0 Å². The number of phenolic OH excluding ortho intramolecular Hbond substituents is 1. The summed E-state index contributed by atoms with van der Waals surface area (Å²) in [5, 5.41) is 14.5. The molecule has 20 heavy (non-hydrogen) atoms. The van der Waals surface area contributed by atoms with Crippen LogP contribution in [0.2, 0.25) is 0 Å². The normalized spacial score (nSPS) is 22.9. The van der Waals surface area contributed by atoms with Crippen molar-refractivity contribution in [3.8, 4) is 17.2 Å². The average molecular weight is 308 g/mol. The molecule has 2 aromatic rings. The number of aromatic nitrogens is 2. The van der Waals surface area contributed by atoms with Gasteiger partial charge in [0.25, 0.3) is 5.89 Å². The number of aromatic hydroxyl groups is 1. The van der Waals surface area contributed by atoms with E-state index >= 15 is 0 Å². The van der Waals surface area contributed by atoms with Gasteiger partial charge in [0.05, 0.1) is 5.25 Å². The summed E-state index contributed by atoms with van der Waals surface area (Å²) in [4.78, 5) is 4.52. The van der Waals surface area contributed by atoms with Gasteiger partial charge in [-0.2, -0.15) is 16.7 Å². The largest absolute Gasteiger partial charge is 0.508 e. The van der Waals surface area contributed by atoms with Crippen molar-refractivity contribution in [3.05, 3.63) is 30.1 Å². The second-order valence-electron chi connectivity index (χ2n) is 4.62. The van der Waals surface area contributed by atoms with Crippen LogP contribution in [0.25, 0.3) is 11.5 Å². The topological polar surface area (TPSA) is 59.2 Å². The third kappa shape index (κ3) is 2.81. The Bertz CT molecular complexity index is 588. The molecule has 1 aromatic heterocycles. The first-order valence-corrected chi connectivity index (χ1v) is 8.74. The van der Waals surface area contributed by atoms with Gasteiger partial charge in [0.1, 0.15) is 5.75 Å². The maximum Gasteiger partial charge on any atom is 0.258 e. The lowest BCUT2D eigenvalue weighted by Gasteiger charge is -2.27. The second kappa shape index (κ2) is 6.10. The molecule has 4 nitrogen and oxygen atoms in total. The molecule has 1 aromatic carbocycles. The molecule has 1 saturated heterocycles. The van der Waals surface area contributed by atoms with Gasteiger partial charge in [-0.25, -0.2) is 0 Å². The Kier molecular flexibility index (Phi) is 4.21. The summed E-state index contributed by atoms with van der Waals surface area (Å²) in [5.74, 6) is 3.77. The van der Waals surface area contributed by atoms with E-state index in [0.29, 0.717) is 16.4 Å². The minimum Gasteiger partial charge on any atom is -0.508 e. The molecule has 1 N–H and O–H groups in total. The van der Waals surface area contributed by atoms with E-state index in [1.165, 1.54) is 5.75 Å². The van der Waals surface area contributed by atoms with E-state index in [2.05, 4.69) is 17.1 Å².